The smallest absolute Gasteiger partial charge is 0.276 e. The molecule has 1 fully saturated rings. The van der Waals surface area contributed by atoms with Crippen molar-refractivity contribution in [1.82, 2.24) is 4.98 Å². The maximum absolute atomic E-state index is 10.7. The summed E-state index contributed by atoms with van der Waals surface area (Å²) < 4.78 is 0. The van der Waals surface area contributed by atoms with Crippen molar-refractivity contribution in [3.05, 3.63) is 22.2 Å². The summed E-state index contributed by atoms with van der Waals surface area (Å²) in [5, 5.41) is 13.8. The van der Waals surface area contributed by atoms with E-state index in [4.69, 9.17) is 5.73 Å². The minimum Gasteiger partial charge on any atom is -0.383 e. The second kappa shape index (κ2) is 4.57. The van der Waals surface area contributed by atoms with Crippen molar-refractivity contribution in [1.29, 1.82) is 0 Å². The molecule has 1 saturated carbocycles. The minimum atomic E-state index is -0.464. The Morgan fingerprint density at radius 2 is 2.35 bits per heavy atom. The summed E-state index contributed by atoms with van der Waals surface area (Å²) in [5.41, 5.74) is 5.50. The quantitative estimate of drug-likeness (QED) is 0.603. The monoisotopic (exact) mass is 236 g/mol. The molecule has 0 aromatic carbocycles. The summed E-state index contributed by atoms with van der Waals surface area (Å²) in [6.45, 7) is 2.05. The Hall–Kier alpha value is -1.85. The molecule has 1 aromatic heterocycles. The lowest BCUT2D eigenvalue weighted by Crippen LogP contribution is -2.17. The zero-order valence-electron chi connectivity index (χ0n) is 9.72. The molecule has 1 unspecified atom stereocenters. The Morgan fingerprint density at radius 1 is 1.65 bits per heavy atom. The molecule has 0 saturated heterocycles. The number of pyridine rings is 1. The van der Waals surface area contributed by atoms with Gasteiger partial charge in [-0.15, -0.1) is 0 Å². The van der Waals surface area contributed by atoms with Crippen molar-refractivity contribution in [3.63, 3.8) is 0 Å². The number of anilines is 2. The van der Waals surface area contributed by atoms with Gasteiger partial charge in [0.2, 0.25) is 0 Å². The second-order valence-corrected chi connectivity index (χ2v) is 4.62. The average molecular weight is 236 g/mol. The first-order chi connectivity index (χ1) is 8.04. The normalized spacial score (nSPS) is 16.5. The molecule has 6 heteroatoms. The first kappa shape index (κ1) is 11.6. The van der Waals surface area contributed by atoms with E-state index in [0.717, 1.165) is 12.3 Å². The van der Waals surface area contributed by atoms with E-state index in [1.165, 1.54) is 25.0 Å². The molecule has 1 aromatic rings. The molecule has 1 aliphatic rings. The highest BCUT2D eigenvalue weighted by Gasteiger charge is 2.23. The van der Waals surface area contributed by atoms with Crippen LogP contribution < -0.4 is 11.1 Å². The molecule has 17 heavy (non-hydrogen) atoms. The standard InChI is InChI=1S/C11H16N4O2/c1-7(4-8-2-3-8)13-11-6-9(15(16)17)5-10(12)14-11/h5-8H,2-4H2,1H3,(H3,12,13,14). The highest BCUT2D eigenvalue weighted by Crippen LogP contribution is 2.34. The number of nitrogens with two attached hydrogens (primary N) is 1. The maximum Gasteiger partial charge on any atom is 0.276 e. The summed E-state index contributed by atoms with van der Waals surface area (Å²) in [4.78, 5) is 14.3. The van der Waals surface area contributed by atoms with Gasteiger partial charge in [0.25, 0.3) is 5.69 Å². The molecular formula is C11H16N4O2. The number of rotatable bonds is 5. The highest BCUT2D eigenvalue weighted by molar-refractivity contribution is 5.53. The van der Waals surface area contributed by atoms with E-state index in [2.05, 4.69) is 17.2 Å². The summed E-state index contributed by atoms with van der Waals surface area (Å²) in [7, 11) is 0. The molecule has 0 bridgehead atoms. The number of hydrogen-bond donors (Lipinski definition) is 2. The van der Waals surface area contributed by atoms with E-state index in [-0.39, 0.29) is 17.5 Å². The molecule has 92 valence electrons. The lowest BCUT2D eigenvalue weighted by Gasteiger charge is -2.13. The molecule has 1 heterocycles. The number of aromatic nitrogens is 1. The molecule has 0 spiro atoms. The zero-order valence-corrected chi connectivity index (χ0v) is 9.72. The fourth-order valence-electron chi connectivity index (χ4n) is 1.88. The van der Waals surface area contributed by atoms with Crippen LogP contribution in [-0.2, 0) is 0 Å². The summed E-state index contributed by atoms with van der Waals surface area (Å²) in [6, 6.07) is 2.94. The van der Waals surface area contributed by atoms with Crippen LogP contribution in [0.3, 0.4) is 0 Å². The second-order valence-electron chi connectivity index (χ2n) is 4.62. The topological polar surface area (TPSA) is 94.1 Å². The van der Waals surface area contributed by atoms with Gasteiger partial charge >= 0.3 is 0 Å². The van der Waals surface area contributed by atoms with Gasteiger partial charge in [-0.05, 0) is 19.3 Å². The molecule has 0 radical (unpaired) electrons. The predicted octanol–water partition coefficient (Wildman–Crippen LogP) is 2.17. The van der Waals surface area contributed by atoms with Gasteiger partial charge in [0.05, 0.1) is 17.1 Å². The van der Waals surface area contributed by atoms with E-state index in [0.29, 0.717) is 5.82 Å². The van der Waals surface area contributed by atoms with Crippen molar-refractivity contribution in [2.75, 3.05) is 11.1 Å². The van der Waals surface area contributed by atoms with E-state index in [1.54, 1.807) is 0 Å². The Kier molecular flexibility index (Phi) is 3.12. The predicted molar refractivity (Wildman–Crippen MR) is 65.7 cm³/mol. The molecular weight excluding hydrogens is 220 g/mol. The van der Waals surface area contributed by atoms with Gasteiger partial charge in [-0.25, -0.2) is 4.98 Å². The van der Waals surface area contributed by atoms with Crippen LogP contribution in [0.25, 0.3) is 0 Å². The molecule has 0 aliphatic heterocycles. The van der Waals surface area contributed by atoms with Gasteiger partial charge in [0.15, 0.2) is 0 Å². The SMILES string of the molecule is CC(CC1CC1)Nc1cc([N+](=O)[O-])cc(N)n1. The number of nitro groups is 1. The lowest BCUT2D eigenvalue weighted by molar-refractivity contribution is -0.384. The molecule has 1 aliphatic carbocycles. The van der Waals surface area contributed by atoms with Crippen LogP contribution in [0.4, 0.5) is 17.3 Å². The van der Waals surface area contributed by atoms with Crippen molar-refractivity contribution in [3.8, 4) is 0 Å². The van der Waals surface area contributed by atoms with E-state index in [9.17, 15) is 10.1 Å². The summed E-state index contributed by atoms with van der Waals surface area (Å²) >= 11 is 0. The third-order valence-corrected chi connectivity index (χ3v) is 2.82. The first-order valence-corrected chi connectivity index (χ1v) is 5.73. The van der Waals surface area contributed by atoms with Crippen molar-refractivity contribution in [2.24, 2.45) is 5.92 Å². The third kappa shape index (κ3) is 3.30. The molecule has 2 rings (SSSR count). The summed E-state index contributed by atoms with van der Waals surface area (Å²) in [6.07, 6.45) is 3.65. The molecule has 6 nitrogen and oxygen atoms in total. The van der Waals surface area contributed by atoms with Crippen molar-refractivity contribution >= 4 is 17.3 Å². The van der Waals surface area contributed by atoms with Gasteiger partial charge in [0, 0.05) is 6.04 Å². The fraction of sp³-hybridized carbons (Fsp3) is 0.545. The number of nitrogens with zero attached hydrogens (tertiary/aromatic N) is 2. The minimum absolute atomic E-state index is 0.0291. The van der Waals surface area contributed by atoms with Crippen LogP contribution in [-0.4, -0.2) is 15.9 Å². The van der Waals surface area contributed by atoms with E-state index >= 15 is 0 Å². The van der Waals surface area contributed by atoms with E-state index in [1.807, 2.05) is 0 Å². The van der Waals surface area contributed by atoms with Crippen molar-refractivity contribution < 1.29 is 4.92 Å². The Bertz CT molecular complexity index is 431. The van der Waals surface area contributed by atoms with E-state index < -0.39 is 4.92 Å². The number of nitrogens with one attached hydrogen (secondary N) is 1. The zero-order chi connectivity index (χ0) is 12.4. The Balaban J connectivity index is 2.05. The number of nitrogen functional groups attached to an aromatic ring is 1. The molecule has 1 atom stereocenters. The largest absolute Gasteiger partial charge is 0.383 e. The van der Waals surface area contributed by atoms with Crippen LogP contribution in [0.5, 0.6) is 0 Å². The van der Waals surface area contributed by atoms with Crippen molar-refractivity contribution in [2.45, 2.75) is 32.2 Å². The maximum atomic E-state index is 10.7. The molecule has 0 amide bonds. The highest BCUT2D eigenvalue weighted by atomic mass is 16.6. The summed E-state index contributed by atoms with van der Waals surface area (Å²) in [5.74, 6) is 1.44. The first-order valence-electron chi connectivity index (χ1n) is 5.73. The van der Waals surface area contributed by atoms with Crippen LogP contribution in [0.15, 0.2) is 12.1 Å². The average Bonchev–Trinajstić information content (AvgIpc) is 3.00. The Labute approximate surface area is 99.4 Å². The van der Waals surface area contributed by atoms with Gasteiger partial charge in [-0.3, -0.25) is 10.1 Å². The Morgan fingerprint density at radius 3 is 2.94 bits per heavy atom. The lowest BCUT2D eigenvalue weighted by atomic mass is 10.1. The van der Waals surface area contributed by atoms with Gasteiger partial charge in [-0.1, -0.05) is 12.8 Å². The molecule has 3 N–H and O–H groups in total. The fourth-order valence-corrected chi connectivity index (χ4v) is 1.88. The van der Waals surface area contributed by atoms with Crippen LogP contribution in [0.1, 0.15) is 26.2 Å². The number of hydrogen-bond acceptors (Lipinski definition) is 5. The van der Waals surface area contributed by atoms with Gasteiger partial charge in [0.1, 0.15) is 11.6 Å². The van der Waals surface area contributed by atoms with Crippen LogP contribution in [0, 0.1) is 16.0 Å². The van der Waals surface area contributed by atoms with Crippen LogP contribution in [0.2, 0.25) is 0 Å². The third-order valence-electron chi connectivity index (χ3n) is 2.82. The van der Waals surface area contributed by atoms with Gasteiger partial charge in [-0.2, -0.15) is 0 Å². The van der Waals surface area contributed by atoms with Crippen LogP contribution >= 0.6 is 0 Å². The van der Waals surface area contributed by atoms with Gasteiger partial charge < -0.3 is 11.1 Å².